The summed E-state index contributed by atoms with van der Waals surface area (Å²) in [5.41, 5.74) is 2.21. The van der Waals surface area contributed by atoms with Gasteiger partial charge in [0.05, 0.1) is 35.9 Å². The first-order chi connectivity index (χ1) is 13.1. The SMILES string of the molecule is O=S(=O)(c1ccc(C2=CSC3=N[C@@H]4CCCC[C@H]4N23)cc1)N1CCOCC1. The number of rotatable bonds is 3. The van der Waals surface area contributed by atoms with Crippen LogP contribution in [0.2, 0.25) is 0 Å². The highest BCUT2D eigenvalue weighted by Gasteiger charge is 2.42. The molecule has 2 fully saturated rings. The highest BCUT2D eigenvalue weighted by Crippen LogP contribution is 2.44. The van der Waals surface area contributed by atoms with Crippen LogP contribution in [0.1, 0.15) is 31.2 Å². The molecule has 8 heteroatoms. The first kappa shape index (κ1) is 17.7. The molecule has 144 valence electrons. The Hall–Kier alpha value is -1.35. The lowest BCUT2D eigenvalue weighted by Gasteiger charge is -2.32. The molecular weight excluding hydrogens is 382 g/mol. The van der Waals surface area contributed by atoms with E-state index in [1.165, 1.54) is 30.0 Å². The fraction of sp³-hybridized carbons (Fsp3) is 0.526. The molecule has 1 aliphatic carbocycles. The summed E-state index contributed by atoms with van der Waals surface area (Å²) in [6, 6.07) is 8.21. The van der Waals surface area contributed by atoms with Crippen molar-refractivity contribution in [2.45, 2.75) is 42.7 Å². The van der Waals surface area contributed by atoms with Gasteiger partial charge in [-0.2, -0.15) is 4.31 Å². The van der Waals surface area contributed by atoms with Gasteiger partial charge in [0.15, 0.2) is 5.17 Å². The van der Waals surface area contributed by atoms with Crippen LogP contribution >= 0.6 is 11.8 Å². The Balaban J connectivity index is 1.39. The largest absolute Gasteiger partial charge is 0.379 e. The summed E-state index contributed by atoms with van der Waals surface area (Å²) in [5, 5.41) is 3.25. The number of ether oxygens (including phenoxy) is 1. The molecule has 3 aliphatic heterocycles. The maximum absolute atomic E-state index is 12.8. The molecule has 27 heavy (non-hydrogen) atoms. The first-order valence-corrected chi connectivity index (χ1v) is 11.9. The minimum absolute atomic E-state index is 0.352. The summed E-state index contributed by atoms with van der Waals surface area (Å²) < 4.78 is 32.4. The predicted octanol–water partition coefficient (Wildman–Crippen LogP) is 2.74. The third-order valence-corrected chi connectivity index (χ3v) is 8.57. The Bertz CT molecular complexity index is 889. The monoisotopic (exact) mass is 405 g/mol. The van der Waals surface area contributed by atoms with Crippen LogP contribution in [0.5, 0.6) is 0 Å². The third kappa shape index (κ3) is 3.03. The molecule has 4 aliphatic rings. The van der Waals surface area contributed by atoms with Crippen molar-refractivity contribution >= 4 is 32.6 Å². The lowest BCUT2D eigenvalue weighted by atomic mass is 9.90. The zero-order valence-electron chi connectivity index (χ0n) is 15.1. The summed E-state index contributed by atoms with van der Waals surface area (Å²) >= 11 is 1.69. The summed E-state index contributed by atoms with van der Waals surface area (Å²) in [5.74, 6) is 0. The fourth-order valence-corrected chi connectivity index (χ4v) is 6.78. The molecule has 1 aromatic rings. The van der Waals surface area contributed by atoms with E-state index in [0.29, 0.717) is 43.3 Å². The maximum atomic E-state index is 12.8. The highest BCUT2D eigenvalue weighted by molar-refractivity contribution is 8.16. The quantitative estimate of drug-likeness (QED) is 0.774. The lowest BCUT2D eigenvalue weighted by Crippen LogP contribution is -2.40. The molecular formula is C19H23N3O3S2. The van der Waals surface area contributed by atoms with Gasteiger partial charge < -0.3 is 9.64 Å². The van der Waals surface area contributed by atoms with Gasteiger partial charge in [-0.05, 0) is 30.5 Å². The van der Waals surface area contributed by atoms with Gasteiger partial charge in [-0.3, -0.25) is 4.99 Å². The number of fused-ring (bicyclic) bond motifs is 3. The summed E-state index contributed by atoms with van der Waals surface area (Å²) in [6.45, 7) is 1.76. The number of nitrogens with zero attached hydrogens (tertiary/aromatic N) is 3. The Morgan fingerprint density at radius 3 is 2.59 bits per heavy atom. The molecule has 0 spiro atoms. The molecule has 0 unspecified atom stereocenters. The molecule has 2 atom stereocenters. The van der Waals surface area contributed by atoms with Gasteiger partial charge in [-0.25, -0.2) is 8.42 Å². The van der Waals surface area contributed by atoms with Crippen molar-refractivity contribution in [1.82, 2.24) is 9.21 Å². The van der Waals surface area contributed by atoms with E-state index < -0.39 is 10.0 Å². The maximum Gasteiger partial charge on any atom is 0.243 e. The van der Waals surface area contributed by atoms with Crippen LogP contribution in [-0.2, 0) is 14.8 Å². The van der Waals surface area contributed by atoms with E-state index in [-0.39, 0.29) is 0 Å². The summed E-state index contributed by atoms with van der Waals surface area (Å²) in [7, 11) is -3.45. The Morgan fingerprint density at radius 2 is 1.81 bits per heavy atom. The molecule has 5 rings (SSSR count). The second kappa shape index (κ2) is 6.92. The van der Waals surface area contributed by atoms with Crippen molar-refractivity contribution in [3.63, 3.8) is 0 Å². The van der Waals surface area contributed by atoms with Crippen molar-refractivity contribution in [2.24, 2.45) is 4.99 Å². The van der Waals surface area contributed by atoms with Gasteiger partial charge >= 0.3 is 0 Å². The van der Waals surface area contributed by atoms with Crippen molar-refractivity contribution in [1.29, 1.82) is 0 Å². The third-order valence-electron chi connectivity index (χ3n) is 5.80. The van der Waals surface area contributed by atoms with Gasteiger partial charge in [-0.1, -0.05) is 36.7 Å². The van der Waals surface area contributed by atoms with Gasteiger partial charge in [0, 0.05) is 18.5 Å². The number of hydrogen-bond acceptors (Lipinski definition) is 6. The van der Waals surface area contributed by atoms with E-state index in [0.717, 1.165) is 16.4 Å². The summed E-state index contributed by atoms with van der Waals surface area (Å²) in [4.78, 5) is 7.63. The average molecular weight is 406 g/mol. The molecule has 0 radical (unpaired) electrons. The van der Waals surface area contributed by atoms with Gasteiger partial charge in [0.1, 0.15) is 0 Å². The molecule has 1 aromatic carbocycles. The van der Waals surface area contributed by atoms with Crippen LogP contribution in [0.4, 0.5) is 0 Å². The number of amidine groups is 1. The molecule has 0 aromatic heterocycles. The van der Waals surface area contributed by atoms with E-state index in [1.54, 1.807) is 23.9 Å². The highest BCUT2D eigenvalue weighted by atomic mass is 32.2. The zero-order chi connectivity index (χ0) is 18.4. The molecule has 0 N–H and O–H groups in total. The van der Waals surface area contributed by atoms with Crippen LogP contribution in [0.15, 0.2) is 39.6 Å². The first-order valence-electron chi connectivity index (χ1n) is 9.57. The predicted molar refractivity (Wildman–Crippen MR) is 107 cm³/mol. The minimum Gasteiger partial charge on any atom is -0.379 e. The van der Waals surface area contributed by atoms with Crippen LogP contribution in [0.3, 0.4) is 0 Å². The number of thioether (sulfide) groups is 1. The van der Waals surface area contributed by atoms with Gasteiger partial charge in [0.2, 0.25) is 10.0 Å². The van der Waals surface area contributed by atoms with E-state index in [1.807, 2.05) is 12.1 Å². The van der Waals surface area contributed by atoms with Crippen molar-refractivity contribution in [3.05, 3.63) is 35.2 Å². The van der Waals surface area contributed by atoms with Crippen LogP contribution in [-0.4, -0.2) is 61.2 Å². The number of benzene rings is 1. The number of hydrogen-bond donors (Lipinski definition) is 0. The number of morpholine rings is 1. The summed E-state index contributed by atoms with van der Waals surface area (Å²) in [6.07, 6.45) is 4.88. The zero-order valence-corrected chi connectivity index (χ0v) is 16.7. The van der Waals surface area contributed by atoms with Crippen LogP contribution < -0.4 is 0 Å². The topological polar surface area (TPSA) is 62.2 Å². The van der Waals surface area contributed by atoms with E-state index in [2.05, 4.69) is 10.3 Å². The van der Waals surface area contributed by atoms with E-state index in [9.17, 15) is 8.42 Å². The molecule has 1 saturated heterocycles. The molecule has 3 heterocycles. The van der Waals surface area contributed by atoms with Gasteiger partial charge in [0.25, 0.3) is 0 Å². The second-order valence-corrected chi connectivity index (χ2v) is 10.1. The van der Waals surface area contributed by atoms with Crippen molar-refractivity contribution in [3.8, 4) is 0 Å². The number of aliphatic imine (C=N–C) groups is 1. The van der Waals surface area contributed by atoms with Crippen LogP contribution in [0.25, 0.3) is 5.70 Å². The molecule has 1 saturated carbocycles. The lowest BCUT2D eigenvalue weighted by molar-refractivity contribution is 0.0730. The Morgan fingerprint density at radius 1 is 1.07 bits per heavy atom. The second-order valence-electron chi connectivity index (χ2n) is 7.36. The van der Waals surface area contributed by atoms with Crippen molar-refractivity contribution < 1.29 is 13.2 Å². The standard InChI is InChI=1S/C19H23N3O3S2/c23-27(24,21-9-11-25-12-10-21)15-7-5-14(6-8-15)18-13-26-19-20-16-3-1-2-4-17(16)22(18)19/h5-8,13,16-17H,1-4,9-12H2/t16-,17-/m1/s1. The van der Waals surface area contributed by atoms with Crippen LogP contribution in [0, 0.1) is 0 Å². The van der Waals surface area contributed by atoms with Gasteiger partial charge in [-0.15, -0.1) is 0 Å². The average Bonchev–Trinajstić information content (AvgIpc) is 3.28. The Kier molecular flexibility index (Phi) is 4.54. The minimum atomic E-state index is -3.45. The van der Waals surface area contributed by atoms with Crippen molar-refractivity contribution in [2.75, 3.05) is 26.3 Å². The normalized spacial score (nSPS) is 28.5. The molecule has 0 amide bonds. The molecule has 0 bridgehead atoms. The molecule has 6 nitrogen and oxygen atoms in total. The number of sulfonamides is 1. The fourth-order valence-electron chi connectivity index (χ4n) is 4.36. The van der Waals surface area contributed by atoms with E-state index in [4.69, 9.17) is 9.73 Å². The smallest absolute Gasteiger partial charge is 0.243 e. The Labute approximate surface area is 164 Å². The van der Waals surface area contributed by atoms with E-state index >= 15 is 0 Å².